The third-order valence-corrected chi connectivity index (χ3v) is 5.28. The number of hydrogen-bond donors (Lipinski definition) is 2. The highest BCUT2D eigenvalue weighted by Crippen LogP contribution is 2.31. The van der Waals surface area contributed by atoms with E-state index in [1.54, 1.807) is 18.2 Å². The lowest BCUT2D eigenvalue weighted by Crippen LogP contribution is -2.49. The molecule has 3 rings (SSSR count). The molecule has 2 aliphatic rings. The number of carbonyl (C=O) groups is 2. The Morgan fingerprint density at radius 3 is 2.58 bits per heavy atom. The topological polar surface area (TPSA) is 72.9 Å². The first kappa shape index (κ1) is 23.7. The molecule has 8 heteroatoms. The Balaban J connectivity index is 1.73. The summed E-state index contributed by atoms with van der Waals surface area (Å²) < 4.78 is 26.1. The summed E-state index contributed by atoms with van der Waals surface area (Å²) in [6.45, 7) is 9.82. The van der Waals surface area contributed by atoms with Gasteiger partial charge in [-0.3, -0.25) is 9.59 Å². The van der Waals surface area contributed by atoms with E-state index < -0.39 is 11.8 Å². The molecular formula is C25H25F2N3O3. The number of piperazine rings is 1. The van der Waals surface area contributed by atoms with Crippen molar-refractivity contribution in [2.24, 2.45) is 0 Å². The minimum atomic E-state index is -0.477. The quantitative estimate of drug-likeness (QED) is 0.616. The number of allylic oxidation sites excluding steroid dienone is 4. The van der Waals surface area contributed by atoms with Gasteiger partial charge in [0.25, 0.3) is 11.8 Å². The highest BCUT2D eigenvalue weighted by molar-refractivity contribution is 6.02. The van der Waals surface area contributed by atoms with Crippen molar-refractivity contribution in [3.63, 3.8) is 0 Å². The summed E-state index contributed by atoms with van der Waals surface area (Å²) in [5.74, 6) is -2.03. The lowest BCUT2D eigenvalue weighted by atomic mass is 9.98. The Hall–Kier alpha value is -3.94. The van der Waals surface area contributed by atoms with Gasteiger partial charge in [0.15, 0.2) is 5.76 Å². The predicted molar refractivity (Wildman–Crippen MR) is 122 cm³/mol. The lowest BCUT2D eigenvalue weighted by Gasteiger charge is -2.38. The second kappa shape index (κ2) is 10.1. The zero-order valence-corrected chi connectivity index (χ0v) is 18.3. The smallest absolute Gasteiger partial charge is 0.274 e. The van der Waals surface area contributed by atoms with Gasteiger partial charge in [-0.1, -0.05) is 37.4 Å². The fraction of sp³-hybridized carbons (Fsp3) is 0.200. The van der Waals surface area contributed by atoms with Gasteiger partial charge in [0.05, 0.1) is 11.4 Å². The predicted octanol–water partition coefficient (Wildman–Crippen LogP) is 3.80. The maximum absolute atomic E-state index is 13.0. The number of nitrogens with zero attached hydrogens (tertiary/aromatic N) is 2. The third kappa shape index (κ3) is 5.46. The van der Waals surface area contributed by atoms with Crippen molar-refractivity contribution >= 4 is 11.8 Å². The number of amides is 2. The highest BCUT2D eigenvalue weighted by atomic mass is 19.1. The van der Waals surface area contributed by atoms with Crippen molar-refractivity contribution in [3.05, 3.63) is 107 Å². The first-order valence-electron chi connectivity index (χ1n) is 10.3. The largest absolute Gasteiger partial charge is 0.505 e. The monoisotopic (exact) mass is 453 g/mol. The van der Waals surface area contributed by atoms with Gasteiger partial charge in [0.1, 0.15) is 11.5 Å². The van der Waals surface area contributed by atoms with Crippen molar-refractivity contribution in [2.45, 2.75) is 13.5 Å². The van der Waals surface area contributed by atoms with Crippen LogP contribution < -0.4 is 5.32 Å². The van der Waals surface area contributed by atoms with Gasteiger partial charge < -0.3 is 20.2 Å². The molecule has 0 radical (unpaired) electrons. The molecule has 1 aromatic carbocycles. The highest BCUT2D eigenvalue weighted by Gasteiger charge is 2.36. The van der Waals surface area contributed by atoms with Crippen LogP contribution in [0.4, 0.5) is 8.78 Å². The summed E-state index contributed by atoms with van der Waals surface area (Å²) in [4.78, 5) is 28.8. The van der Waals surface area contributed by atoms with Gasteiger partial charge in [-0.05, 0) is 36.3 Å². The minimum Gasteiger partial charge on any atom is -0.505 e. The standard InChI is InChI=1S/C25H25F2N3O3/c1-4-18(6-5-16(2)26)14-30-12-11-29-15-21(17(3)23(31)22(29)25(30)33)24(32)28-13-19-7-9-20(27)10-8-19/h4-10,15,31H,1,3,11-14H2,2H3,(H,28,32)/b16-5+,18-6+. The number of aliphatic hydroxyl groups is 1. The molecule has 33 heavy (non-hydrogen) atoms. The number of halogens is 2. The van der Waals surface area contributed by atoms with Crippen molar-refractivity contribution in [2.75, 3.05) is 19.6 Å². The molecule has 2 aliphatic heterocycles. The average Bonchev–Trinajstić information content (AvgIpc) is 2.79. The number of rotatable bonds is 7. The van der Waals surface area contributed by atoms with E-state index in [0.29, 0.717) is 24.2 Å². The number of nitrogens with one attached hydrogen (secondary N) is 1. The molecule has 0 saturated carbocycles. The zero-order valence-electron chi connectivity index (χ0n) is 18.3. The summed E-state index contributed by atoms with van der Waals surface area (Å²) in [6, 6.07) is 5.72. The van der Waals surface area contributed by atoms with Crippen molar-refractivity contribution in [3.8, 4) is 0 Å². The SMILES string of the molecule is C=C/C(=C\C=C(/C)F)CN1CCN2C=C(C(=O)NCc3ccc(F)cc3)C(=C)C(O)=C2C1=O. The van der Waals surface area contributed by atoms with Gasteiger partial charge >= 0.3 is 0 Å². The van der Waals surface area contributed by atoms with E-state index in [-0.39, 0.29) is 47.3 Å². The van der Waals surface area contributed by atoms with Crippen LogP contribution in [0, 0.1) is 5.82 Å². The molecule has 1 aromatic rings. The summed E-state index contributed by atoms with van der Waals surface area (Å²) in [5, 5.41) is 13.4. The van der Waals surface area contributed by atoms with Gasteiger partial charge in [-0.25, -0.2) is 8.78 Å². The number of fused-ring (bicyclic) bond motifs is 1. The molecule has 1 saturated heterocycles. The van der Waals surface area contributed by atoms with Crippen LogP contribution >= 0.6 is 0 Å². The summed E-state index contributed by atoms with van der Waals surface area (Å²) in [5.41, 5.74) is 1.54. The van der Waals surface area contributed by atoms with Crippen LogP contribution in [0.3, 0.4) is 0 Å². The van der Waals surface area contributed by atoms with Crippen LogP contribution in [0.1, 0.15) is 12.5 Å². The van der Waals surface area contributed by atoms with Crippen LogP contribution in [0.15, 0.2) is 95.9 Å². The summed E-state index contributed by atoms with van der Waals surface area (Å²) in [6.07, 6.45) is 5.86. The van der Waals surface area contributed by atoms with Gasteiger partial charge in [0, 0.05) is 38.0 Å². The fourth-order valence-electron chi connectivity index (χ4n) is 3.44. The maximum atomic E-state index is 13.0. The first-order chi connectivity index (χ1) is 15.7. The molecule has 172 valence electrons. The Kier molecular flexibility index (Phi) is 7.27. The molecule has 0 aromatic heterocycles. The summed E-state index contributed by atoms with van der Waals surface area (Å²) >= 11 is 0. The molecule has 2 amide bonds. The number of carbonyl (C=O) groups excluding carboxylic acids is 2. The third-order valence-electron chi connectivity index (χ3n) is 5.28. The second-order valence-electron chi connectivity index (χ2n) is 7.65. The second-order valence-corrected chi connectivity index (χ2v) is 7.65. The molecule has 0 bridgehead atoms. The Morgan fingerprint density at radius 2 is 1.94 bits per heavy atom. The molecule has 2 N–H and O–H groups in total. The maximum Gasteiger partial charge on any atom is 0.274 e. The number of hydrogen-bond acceptors (Lipinski definition) is 4. The molecule has 0 spiro atoms. The number of benzene rings is 1. The molecule has 0 unspecified atom stereocenters. The van der Waals surface area contributed by atoms with Crippen LogP contribution in [0.2, 0.25) is 0 Å². The average molecular weight is 453 g/mol. The molecule has 1 fully saturated rings. The van der Waals surface area contributed by atoms with E-state index in [4.69, 9.17) is 0 Å². The molecule has 2 heterocycles. The van der Waals surface area contributed by atoms with Crippen molar-refractivity contribution < 1.29 is 23.5 Å². The Morgan fingerprint density at radius 1 is 1.24 bits per heavy atom. The normalized spacial score (nSPS) is 17.1. The molecule has 0 aliphatic carbocycles. The van der Waals surface area contributed by atoms with E-state index in [0.717, 1.165) is 0 Å². The van der Waals surface area contributed by atoms with Gasteiger partial charge in [-0.2, -0.15) is 0 Å². The van der Waals surface area contributed by atoms with E-state index in [1.165, 1.54) is 47.2 Å². The van der Waals surface area contributed by atoms with E-state index in [2.05, 4.69) is 18.5 Å². The van der Waals surface area contributed by atoms with E-state index >= 15 is 0 Å². The van der Waals surface area contributed by atoms with Gasteiger partial charge in [-0.15, -0.1) is 0 Å². The van der Waals surface area contributed by atoms with Crippen molar-refractivity contribution in [1.82, 2.24) is 15.1 Å². The zero-order chi connectivity index (χ0) is 24.1. The molecule has 6 nitrogen and oxygen atoms in total. The van der Waals surface area contributed by atoms with E-state index in [1.807, 2.05) is 0 Å². The Bertz CT molecular complexity index is 1110. The summed E-state index contributed by atoms with van der Waals surface area (Å²) in [7, 11) is 0. The number of aliphatic hydroxyl groups excluding tert-OH is 1. The first-order valence-corrected chi connectivity index (χ1v) is 10.3. The molecular weight excluding hydrogens is 428 g/mol. The van der Waals surface area contributed by atoms with Gasteiger partial charge in [0.2, 0.25) is 0 Å². The van der Waals surface area contributed by atoms with Crippen molar-refractivity contribution in [1.29, 1.82) is 0 Å². The fourth-order valence-corrected chi connectivity index (χ4v) is 3.44. The van der Waals surface area contributed by atoms with Crippen LogP contribution in [-0.2, 0) is 16.1 Å². The Labute approximate surface area is 191 Å². The minimum absolute atomic E-state index is 0.0296. The van der Waals surface area contributed by atoms with Crippen LogP contribution in [0.25, 0.3) is 0 Å². The lowest BCUT2D eigenvalue weighted by molar-refractivity contribution is -0.130. The molecule has 0 atom stereocenters. The van der Waals surface area contributed by atoms with E-state index in [9.17, 15) is 23.5 Å². The van der Waals surface area contributed by atoms with Crippen LogP contribution in [-0.4, -0.2) is 46.4 Å². The van der Waals surface area contributed by atoms with Crippen LogP contribution in [0.5, 0.6) is 0 Å².